The van der Waals surface area contributed by atoms with Gasteiger partial charge in [-0.05, 0) is 80.2 Å². The molecule has 1 aliphatic rings. The maximum atomic E-state index is 13.8. The Morgan fingerprint density at radius 1 is 0.784 bits per heavy atom. The molecule has 1 fully saturated rings. The van der Waals surface area contributed by atoms with Crippen LogP contribution in [0.5, 0.6) is 5.75 Å². The van der Waals surface area contributed by atoms with Crippen LogP contribution in [-0.4, -0.2) is 83.6 Å². The molecule has 0 radical (unpaired) electrons. The van der Waals surface area contributed by atoms with Crippen molar-refractivity contribution >= 4 is 28.4 Å². The Kier molecular flexibility index (Phi) is 15.1. The molecular weight excluding hydrogens is 696 g/mol. The summed E-state index contributed by atoms with van der Waals surface area (Å²) in [6.07, 6.45) is -4.58. The molecule has 51 heavy (non-hydrogen) atoms. The smallest absolute Gasteiger partial charge is 0.458 e. The van der Waals surface area contributed by atoms with Crippen molar-refractivity contribution in [3.05, 3.63) is 75.6 Å². The van der Waals surface area contributed by atoms with Crippen LogP contribution in [0.2, 0.25) is 0 Å². The van der Waals surface area contributed by atoms with Crippen molar-refractivity contribution in [2.75, 3.05) is 32.7 Å². The highest BCUT2D eigenvalue weighted by Crippen LogP contribution is 2.26. The Morgan fingerprint density at radius 2 is 1.39 bits per heavy atom. The van der Waals surface area contributed by atoms with Gasteiger partial charge in [-0.15, -0.1) is 0 Å². The number of Topliss-reactive ketones (excluding diaryl/α,β-unsaturated/α-hetero) is 2. The minimum Gasteiger partial charge on any atom is -0.506 e. The van der Waals surface area contributed by atoms with Crippen LogP contribution in [0.15, 0.2) is 47.3 Å². The van der Waals surface area contributed by atoms with E-state index in [1.807, 2.05) is 11.0 Å². The summed E-state index contributed by atoms with van der Waals surface area (Å²) in [4.78, 5) is 48.7. The summed E-state index contributed by atoms with van der Waals surface area (Å²) < 4.78 is 94.1. The summed E-state index contributed by atoms with van der Waals surface area (Å²) >= 11 is 0. The number of alkyl halides is 6. The number of aromatic hydroxyl groups is 1. The summed E-state index contributed by atoms with van der Waals surface area (Å²) in [6.45, 7) is 2.95. The normalized spacial score (nSPS) is 13.8. The quantitative estimate of drug-likeness (QED) is 0.101. The minimum atomic E-state index is -5.77. The second-order valence-corrected chi connectivity index (χ2v) is 11.9. The van der Waals surface area contributed by atoms with Gasteiger partial charge in [-0.25, -0.2) is 8.78 Å². The van der Waals surface area contributed by atoms with Crippen molar-refractivity contribution in [1.82, 2.24) is 20.5 Å². The lowest BCUT2D eigenvalue weighted by Crippen LogP contribution is -2.45. The lowest BCUT2D eigenvalue weighted by atomic mass is 9.94. The molecule has 0 unspecified atom stereocenters. The Labute approximate surface area is 287 Å². The van der Waals surface area contributed by atoms with Gasteiger partial charge >= 0.3 is 23.9 Å². The van der Waals surface area contributed by atoms with Crippen LogP contribution in [0.4, 0.5) is 35.1 Å². The maximum absolute atomic E-state index is 13.8. The van der Waals surface area contributed by atoms with Gasteiger partial charge in [0.1, 0.15) is 17.4 Å². The lowest BCUT2D eigenvalue weighted by molar-refractivity contribution is -0.193. The summed E-state index contributed by atoms with van der Waals surface area (Å²) in [5.41, 5.74) is 1.55. The number of hydrogen-bond acceptors (Lipinski definition) is 7. The number of H-pyrrole nitrogens is 1. The molecule has 0 aliphatic heterocycles. The van der Waals surface area contributed by atoms with Crippen molar-refractivity contribution in [1.29, 1.82) is 0 Å². The van der Waals surface area contributed by atoms with Crippen molar-refractivity contribution in [2.24, 2.45) is 0 Å². The van der Waals surface area contributed by atoms with Crippen LogP contribution in [0.3, 0.4) is 0 Å². The molecule has 17 heteroatoms. The zero-order valence-corrected chi connectivity index (χ0v) is 27.4. The number of phenols is 1. The second-order valence-electron chi connectivity index (χ2n) is 11.9. The highest BCUT2D eigenvalue weighted by molar-refractivity contribution is 6.41. The summed E-state index contributed by atoms with van der Waals surface area (Å²) in [6, 6.07) is 10.4. The predicted molar refractivity (Wildman–Crippen MR) is 171 cm³/mol. The number of aromatic amines is 1. The van der Waals surface area contributed by atoms with Crippen LogP contribution in [0.1, 0.15) is 49.7 Å². The summed E-state index contributed by atoms with van der Waals surface area (Å²) in [5.74, 6) is -7.52. The molecule has 0 bridgehead atoms. The Hall–Kier alpha value is -4.38. The largest absolute Gasteiger partial charge is 0.506 e. The number of hydrogen-bond donors (Lipinski definition) is 4. The molecule has 280 valence electrons. The number of nitrogens with zero attached hydrogens (tertiary/aromatic N) is 1. The molecule has 0 atom stereocenters. The van der Waals surface area contributed by atoms with E-state index < -0.39 is 35.6 Å². The first-order valence-electron chi connectivity index (χ1n) is 16.2. The third kappa shape index (κ3) is 12.7. The third-order valence-electron chi connectivity index (χ3n) is 8.22. The van der Waals surface area contributed by atoms with Crippen LogP contribution < -0.4 is 16.2 Å². The number of aromatic nitrogens is 1. The number of carbonyl (C=O) groups excluding carboxylic acids is 3. The van der Waals surface area contributed by atoms with Crippen molar-refractivity contribution in [3.8, 4) is 5.75 Å². The number of halogens is 8. The van der Waals surface area contributed by atoms with E-state index in [0.29, 0.717) is 56.6 Å². The monoisotopic (exact) mass is 734 g/mol. The van der Waals surface area contributed by atoms with E-state index in [-0.39, 0.29) is 23.3 Å². The maximum Gasteiger partial charge on any atom is 0.458 e. The van der Waals surface area contributed by atoms with Crippen molar-refractivity contribution in [2.45, 2.75) is 69.8 Å². The molecule has 0 spiro atoms. The molecule has 2 aromatic carbocycles. The number of pyridine rings is 1. The SMILES string of the molecule is O=C(C(=O)C(F)(F)F)C(F)(F)F.O=C(CCNCCc1cc(F)ccc1F)N(CCNCCc1ccc(O)c2[nH]c(=O)ccc12)C1CCCCC1. The molecule has 1 aliphatic carbocycles. The standard InChI is InChI=1S/C30H38F2N4O3.C4F6O2/c31-23-7-9-26(32)22(20-23)13-16-33-17-14-29(39)36(24-4-2-1-3-5-24)19-18-34-15-12-21-6-10-27(37)30-25(21)8-11-28(38)35-30;5-3(6,7)1(11)2(12)4(8,9)10/h6-11,20,24,33-34,37H,1-5,12-19H2,(H,35,38);. The van der Waals surface area contributed by atoms with Gasteiger partial charge in [-0.3, -0.25) is 19.2 Å². The number of carbonyl (C=O) groups is 3. The molecule has 4 rings (SSSR count). The van der Waals surface area contributed by atoms with Gasteiger partial charge in [0.25, 0.3) is 0 Å². The third-order valence-corrected chi connectivity index (χ3v) is 8.22. The number of ketones is 2. The lowest BCUT2D eigenvalue weighted by Gasteiger charge is -2.34. The molecule has 1 amide bonds. The number of benzene rings is 2. The van der Waals surface area contributed by atoms with Gasteiger partial charge in [0.2, 0.25) is 11.5 Å². The number of fused-ring (bicyclic) bond motifs is 1. The molecule has 0 saturated heterocycles. The molecule has 4 N–H and O–H groups in total. The van der Waals surface area contributed by atoms with Crippen LogP contribution >= 0.6 is 0 Å². The predicted octanol–water partition coefficient (Wildman–Crippen LogP) is 5.28. The van der Waals surface area contributed by atoms with Crippen molar-refractivity contribution in [3.63, 3.8) is 0 Å². The zero-order valence-electron chi connectivity index (χ0n) is 27.4. The van der Waals surface area contributed by atoms with E-state index in [1.165, 1.54) is 18.6 Å². The van der Waals surface area contributed by atoms with Crippen molar-refractivity contribution < 1.29 is 54.6 Å². The highest BCUT2D eigenvalue weighted by Gasteiger charge is 2.54. The molecule has 9 nitrogen and oxygen atoms in total. The van der Waals surface area contributed by atoms with Gasteiger partial charge in [0, 0.05) is 43.5 Å². The minimum absolute atomic E-state index is 0.0525. The molecular formula is C34H38F8N4O5. The number of rotatable bonds is 14. The van der Waals surface area contributed by atoms with Gasteiger partial charge in [-0.2, -0.15) is 26.3 Å². The van der Waals surface area contributed by atoms with E-state index >= 15 is 0 Å². The van der Waals surface area contributed by atoms with E-state index in [9.17, 15) is 59.4 Å². The molecule has 3 aromatic rings. The van der Waals surface area contributed by atoms with Gasteiger partial charge in [0.15, 0.2) is 0 Å². The number of phenolic OH excluding ortho intramolecular Hbond substituents is 1. The molecule has 1 saturated carbocycles. The zero-order chi connectivity index (χ0) is 37.8. The van der Waals surface area contributed by atoms with E-state index in [0.717, 1.165) is 55.2 Å². The van der Waals surface area contributed by atoms with E-state index in [2.05, 4.69) is 15.6 Å². The summed E-state index contributed by atoms with van der Waals surface area (Å²) in [7, 11) is 0. The molecule has 1 heterocycles. The second kappa shape index (κ2) is 18.7. The molecule has 1 aromatic heterocycles. The average molecular weight is 735 g/mol. The number of amides is 1. The summed E-state index contributed by atoms with van der Waals surface area (Å²) in [5, 5.41) is 17.5. The first kappa shape index (κ1) is 41.0. The fourth-order valence-corrected chi connectivity index (χ4v) is 5.65. The topological polar surface area (TPSA) is 132 Å². The van der Waals surface area contributed by atoms with Crippen LogP contribution in [0.25, 0.3) is 10.9 Å². The van der Waals surface area contributed by atoms with Gasteiger partial charge in [0.05, 0.1) is 5.52 Å². The van der Waals surface area contributed by atoms with Gasteiger partial charge < -0.3 is 25.6 Å². The first-order chi connectivity index (χ1) is 24.0. The first-order valence-corrected chi connectivity index (χ1v) is 16.2. The Balaban J connectivity index is 0.000000501. The fraction of sp³-hybridized carbons (Fsp3) is 0.471. The Morgan fingerprint density at radius 3 is 2.02 bits per heavy atom. The average Bonchev–Trinajstić information content (AvgIpc) is 3.07. The van der Waals surface area contributed by atoms with Crippen LogP contribution in [0, 0.1) is 11.6 Å². The highest BCUT2D eigenvalue weighted by atomic mass is 19.4. The van der Waals surface area contributed by atoms with Gasteiger partial charge in [-0.1, -0.05) is 25.3 Å². The number of nitrogens with one attached hydrogen (secondary N) is 3. The van der Waals surface area contributed by atoms with E-state index in [4.69, 9.17) is 0 Å². The van der Waals surface area contributed by atoms with E-state index in [1.54, 1.807) is 12.1 Å². The fourth-order valence-electron chi connectivity index (χ4n) is 5.65. The Bertz CT molecular complexity index is 1680. The van der Waals surface area contributed by atoms with Crippen LogP contribution in [-0.2, 0) is 27.2 Å².